The third-order valence-electron chi connectivity index (χ3n) is 5.19. The fourth-order valence-electron chi connectivity index (χ4n) is 3.81. The Labute approximate surface area is 186 Å². The molecule has 160 valence electrons. The number of hydrogen-bond donors (Lipinski definition) is 2. The first kappa shape index (κ1) is 21.2. The van der Waals surface area contributed by atoms with E-state index in [2.05, 4.69) is 22.8 Å². The maximum absolute atomic E-state index is 12.6. The number of rotatable bonds is 6. The van der Waals surface area contributed by atoms with Gasteiger partial charge in [-0.15, -0.1) is 0 Å². The van der Waals surface area contributed by atoms with Gasteiger partial charge in [0.1, 0.15) is 0 Å². The van der Waals surface area contributed by atoms with Gasteiger partial charge in [-0.05, 0) is 49.1 Å². The molecule has 2 N–H and O–H groups in total. The number of aryl methyl sites for hydroxylation is 1. The van der Waals surface area contributed by atoms with Crippen molar-refractivity contribution in [3.8, 4) is 0 Å². The van der Waals surface area contributed by atoms with Crippen molar-refractivity contribution < 1.29 is 14.3 Å². The predicted octanol–water partition coefficient (Wildman–Crippen LogP) is 4.52. The van der Waals surface area contributed by atoms with Gasteiger partial charge in [-0.1, -0.05) is 48.2 Å². The Balaban J connectivity index is 1.43. The molecule has 2 aliphatic rings. The molecule has 0 unspecified atom stereocenters. The van der Waals surface area contributed by atoms with Crippen LogP contribution in [0.15, 0.2) is 65.3 Å². The van der Waals surface area contributed by atoms with E-state index in [9.17, 15) is 9.59 Å². The van der Waals surface area contributed by atoms with Crippen molar-refractivity contribution in [1.29, 1.82) is 0 Å². The quantitative estimate of drug-likeness (QED) is 0.653. The van der Waals surface area contributed by atoms with Gasteiger partial charge in [-0.2, -0.15) is 0 Å². The highest BCUT2D eigenvalue weighted by atomic mass is 32.2. The number of hydrogen-bond acceptors (Lipinski definition) is 6. The van der Waals surface area contributed by atoms with Crippen molar-refractivity contribution in [3.05, 3.63) is 71.4 Å². The molecule has 0 radical (unpaired) electrons. The second-order valence-corrected chi connectivity index (χ2v) is 8.39. The van der Waals surface area contributed by atoms with E-state index in [4.69, 9.17) is 9.73 Å². The van der Waals surface area contributed by atoms with Crippen LogP contribution >= 0.6 is 11.8 Å². The van der Waals surface area contributed by atoms with E-state index < -0.39 is 0 Å². The van der Waals surface area contributed by atoms with Gasteiger partial charge in [0.2, 0.25) is 5.91 Å². The lowest BCUT2D eigenvalue weighted by atomic mass is 10.1. The fraction of sp³-hybridized carbons (Fsp3) is 0.292. The number of amides is 1. The van der Waals surface area contributed by atoms with Crippen LogP contribution in [0.3, 0.4) is 0 Å². The molecule has 0 aromatic heterocycles. The first-order valence-corrected chi connectivity index (χ1v) is 11.4. The zero-order chi connectivity index (χ0) is 21.6. The van der Waals surface area contributed by atoms with E-state index in [0.717, 1.165) is 24.2 Å². The third kappa shape index (κ3) is 5.35. The molecule has 31 heavy (non-hydrogen) atoms. The monoisotopic (exact) mass is 435 g/mol. The number of anilines is 1. The summed E-state index contributed by atoms with van der Waals surface area (Å²) in [5.74, 6) is -0.0779. The Morgan fingerprint density at radius 2 is 2.00 bits per heavy atom. The standard InChI is InChI=1S/C24H25N3O3S/c1-2-30-24(29)14-17-13-23(27-21-10-6-5-9-20(21)25-17)31-15-22(28)26-19-12-11-16-7-3-4-8-18(16)19/h3-10,13,19,25H,2,11-12,14-15H2,1H3,(H,26,28)/t19-/m0/s1. The van der Waals surface area contributed by atoms with Crippen LogP contribution in [0.2, 0.25) is 0 Å². The number of para-hydroxylation sites is 2. The highest BCUT2D eigenvalue weighted by Crippen LogP contribution is 2.32. The lowest BCUT2D eigenvalue weighted by Gasteiger charge is -2.14. The van der Waals surface area contributed by atoms with Gasteiger partial charge in [-0.25, -0.2) is 4.99 Å². The van der Waals surface area contributed by atoms with Gasteiger partial charge >= 0.3 is 5.97 Å². The number of nitrogens with zero attached hydrogens (tertiary/aromatic N) is 1. The van der Waals surface area contributed by atoms with Crippen LogP contribution in [0, 0.1) is 0 Å². The number of carbonyl (C=O) groups excluding carboxylic acids is 2. The zero-order valence-electron chi connectivity index (χ0n) is 17.4. The fourth-order valence-corrected chi connectivity index (χ4v) is 4.56. The maximum Gasteiger partial charge on any atom is 0.311 e. The van der Waals surface area contributed by atoms with Crippen molar-refractivity contribution >= 4 is 40.1 Å². The Morgan fingerprint density at radius 1 is 1.19 bits per heavy atom. The molecule has 0 fully saturated rings. The largest absolute Gasteiger partial charge is 0.466 e. The van der Waals surface area contributed by atoms with Crippen molar-refractivity contribution in [1.82, 2.24) is 5.32 Å². The molecule has 2 aromatic rings. The van der Waals surface area contributed by atoms with Gasteiger partial charge in [0, 0.05) is 5.70 Å². The molecule has 0 spiro atoms. The topological polar surface area (TPSA) is 79.8 Å². The minimum Gasteiger partial charge on any atom is -0.466 e. The number of esters is 1. The molecule has 2 aromatic carbocycles. The van der Waals surface area contributed by atoms with Gasteiger partial charge in [0.05, 0.1) is 41.2 Å². The summed E-state index contributed by atoms with van der Waals surface area (Å²) in [6, 6.07) is 16.0. The van der Waals surface area contributed by atoms with Crippen LogP contribution in [0.5, 0.6) is 0 Å². The molecule has 4 rings (SSSR count). The number of ether oxygens (including phenoxy) is 1. The molecule has 0 bridgehead atoms. The van der Waals surface area contributed by atoms with Gasteiger partial charge < -0.3 is 15.4 Å². The van der Waals surface area contributed by atoms with Crippen LogP contribution in [0.1, 0.15) is 36.9 Å². The average molecular weight is 436 g/mol. The molecule has 1 heterocycles. The number of benzene rings is 2. The third-order valence-corrected chi connectivity index (χ3v) is 6.10. The molecule has 1 aliphatic heterocycles. The first-order chi connectivity index (χ1) is 15.1. The number of thioether (sulfide) groups is 1. The summed E-state index contributed by atoms with van der Waals surface area (Å²) in [6.45, 7) is 2.12. The Hall–Kier alpha value is -3.06. The van der Waals surface area contributed by atoms with E-state index >= 15 is 0 Å². The lowest BCUT2D eigenvalue weighted by Crippen LogP contribution is -2.29. The summed E-state index contributed by atoms with van der Waals surface area (Å²) in [5, 5.41) is 7.09. The van der Waals surface area contributed by atoms with Crippen molar-refractivity contribution in [2.45, 2.75) is 32.2 Å². The molecule has 0 saturated carbocycles. The molecule has 0 saturated heterocycles. The molecule has 6 nitrogen and oxygen atoms in total. The van der Waals surface area contributed by atoms with Crippen molar-refractivity contribution in [3.63, 3.8) is 0 Å². The predicted molar refractivity (Wildman–Crippen MR) is 125 cm³/mol. The number of carbonyl (C=O) groups is 2. The number of nitrogens with one attached hydrogen (secondary N) is 2. The summed E-state index contributed by atoms with van der Waals surface area (Å²) in [5.41, 5.74) is 4.80. The van der Waals surface area contributed by atoms with Crippen LogP contribution in [-0.4, -0.2) is 29.3 Å². The average Bonchev–Trinajstić information content (AvgIpc) is 3.07. The maximum atomic E-state index is 12.6. The summed E-state index contributed by atoms with van der Waals surface area (Å²) < 4.78 is 5.08. The second-order valence-electron chi connectivity index (χ2n) is 7.39. The molecule has 1 amide bonds. The summed E-state index contributed by atoms with van der Waals surface area (Å²) in [4.78, 5) is 29.3. The summed E-state index contributed by atoms with van der Waals surface area (Å²) in [6.07, 6.45) is 3.85. The van der Waals surface area contributed by atoms with E-state index in [1.165, 1.54) is 22.9 Å². The van der Waals surface area contributed by atoms with Crippen molar-refractivity contribution in [2.24, 2.45) is 4.99 Å². The van der Waals surface area contributed by atoms with E-state index in [-0.39, 0.29) is 30.1 Å². The smallest absolute Gasteiger partial charge is 0.311 e. The molecule has 1 atom stereocenters. The molecular formula is C24H25N3O3S. The summed E-state index contributed by atoms with van der Waals surface area (Å²) >= 11 is 1.36. The minimum absolute atomic E-state index is 0.0276. The Bertz CT molecular complexity index is 1050. The molecule has 7 heteroatoms. The van der Waals surface area contributed by atoms with Crippen LogP contribution < -0.4 is 10.6 Å². The van der Waals surface area contributed by atoms with Crippen LogP contribution in [0.4, 0.5) is 11.4 Å². The Morgan fingerprint density at radius 3 is 2.87 bits per heavy atom. The van der Waals surface area contributed by atoms with Gasteiger partial charge in [0.15, 0.2) is 0 Å². The van der Waals surface area contributed by atoms with Gasteiger partial charge in [0.25, 0.3) is 0 Å². The number of fused-ring (bicyclic) bond motifs is 2. The first-order valence-electron chi connectivity index (χ1n) is 10.4. The van der Waals surface area contributed by atoms with E-state index in [1.807, 2.05) is 42.5 Å². The zero-order valence-corrected chi connectivity index (χ0v) is 18.2. The van der Waals surface area contributed by atoms with E-state index in [0.29, 0.717) is 17.3 Å². The van der Waals surface area contributed by atoms with Crippen LogP contribution in [0.25, 0.3) is 0 Å². The normalized spacial score (nSPS) is 16.7. The molecular weight excluding hydrogens is 410 g/mol. The van der Waals surface area contributed by atoms with E-state index in [1.54, 1.807) is 6.92 Å². The highest BCUT2D eigenvalue weighted by Gasteiger charge is 2.23. The summed E-state index contributed by atoms with van der Waals surface area (Å²) in [7, 11) is 0. The van der Waals surface area contributed by atoms with Crippen LogP contribution in [-0.2, 0) is 20.7 Å². The SMILES string of the molecule is CCOC(=O)CC1=CC(SCC(=O)N[C@H]2CCc3ccccc32)=Nc2ccccc2N1. The lowest BCUT2D eigenvalue weighted by molar-refractivity contribution is -0.142. The number of aliphatic imine (C=N–C) groups is 1. The highest BCUT2D eigenvalue weighted by molar-refractivity contribution is 8.14. The van der Waals surface area contributed by atoms with Crippen molar-refractivity contribution in [2.75, 3.05) is 17.7 Å². The van der Waals surface area contributed by atoms with Gasteiger partial charge in [-0.3, -0.25) is 9.59 Å². The molecule has 1 aliphatic carbocycles. The Kier molecular flexibility index (Phi) is 6.72. The second kappa shape index (κ2) is 9.83. The minimum atomic E-state index is -0.303.